The Kier molecular flexibility index (Phi) is 6.50. The van der Waals surface area contributed by atoms with E-state index in [9.17, 15) is 0 Å². The second kappa shape index (κ2) is 7.69. The molecule has 0 saturated heterocycles. The molecule has 0 fully saturated rings. The lowest BCUT2D eigenvalue weighted by atomic mass is 10.1. The summed E-state index contributed by atoms with van der Waals surface area (Å²) in [6.07, 6.45) is 0. The second-order valence-electron chi connectivity index (χ2n) is 4.12. The standard InChI is InChI=1S/C13H20BrNO/c1-11(2)13(10-14)15-8-9-16-12-6-4-3-5-7-12/h3-7,11,13,15H,8-10H2,1-2H3. The molecule has 0 radical (unpaired) electrons. The molecule has 1 aromatic carbocycles. The van der Waals surface area contributed by atoms with E-state index in [0.29, 0.717) is 18.6 Å². The average molecular weight is 286 g/mol. The van der Waals surface area contributed by atoms with Gasteiger partial charge in [0, 0.05) is 17.9 Å². The van der Waals surface area contributed by atoms with E-state index in [1.165, 1.54) is 0 Å². The monoisotopic (exact) mass is 285 g/mol. The zero-order valence-electron chi connectivity index (χ0n) is 9.95. The van der Waals surface area contributed by atoms with Crippen LogP contribution in [0.25, 0.3) is 0 Å². The number of hydrogen-bond donors (Lipinski definition) is 1. The Morgan fingerprint density at radius 2 is 1.94 bits per heavy atom. The molecule has 0 bridgehead atoms. The predicted octanol–water partition coefficient (Wildman–Crippen LogP) is 3.07. The van der Waals surface area contributed by atoms with Crippen molar-refractivity contribution in [1.29, 1.82) is 0 Å². The van der Waals surface area contributed by atoms with Crippen LogP contribution >= 0.6 is 15.9 Å². The molecule has 0 aliphatic carbocycles. The third-order valence-corrected chi connectivity index (χ3v) is 3.19. The Hall–Kier alpha value is -0.540. The molecule has 0 aromatic heterocycles. The second-order valence-corrected chi connectivity index (χ2v) is 4.77. The highest BCUT2D eigenvalue weighted by atomic mass is 79.9. The molecule has 16 heavy (non-hydrogen) atoms. The van der Waals surface area contributed by atoms with Crippen LogP contribution in [0.3, 0.4) is 0 Å². The number of hydrogen-bond acceptors (Lipinski definition) is 2. The van der Waals surface area contributed by atoms with Crippen molar-refractivity contribution >= 4 is 15.9 Å². The number of nitrogens with one attached hydrogen (secondary N) is 1. The van der Waals surface area contributed by atoms with Gasteiger partial charge in [0.15, 0.2) is 0 Å². The van der Waals surface area contributed by atoms with Crippen molar-refractivity contribution in [2.24, 2.45) is 5.92 Å². The van der Waals surface area contributed by atoms with E-state index in [0.717, 1.165) is 17.6 Å². The lowest BCUT2D eigenvalue weighted by Gasteiger charge is -2.19. The Labute approximate surface area is 107 Å². The van der Waals surface area contributed by atoms with Gasteiger partial charge in [-0.1, -0.05) is 48.0 Å². The molecule has 0 amide bonds. The van der Waals surface area contributed by atoms with Crippen LogP contribution in [0.2, 0.25) is 0 Å². The minimum Gasteiger partial charge on any atom is -0.492 e. The fourth-order valence-electron chi connectivity index (χ4n) is 1.40. The molecule has 1 unspecified atom stereocenters. The molecule has 0 aliphatic rings. The van der Waals surface area contributed by atoms with Crippen molar-refractivity contribution in [3.63, 3.8) is 0 Å². The minimum atomic E-state index is 0.513. The third-order valence-electron chi connectivity index (χ3n) is 2.49. The van der Waals surface area contributed by atoms with Crippen molar-refractivity contribution in [2.45, 2.75) is 19.9 Å². The minimum absolute atomic E-state index is 0.513. The molecule has 0 aliphatic heterocycles. The van der Waals surface area contributed by atoms with Gasteiger partial charge in [-0.05, 0) is 18.1 Å². The number of halogens is 1. The predicted molar refractivity (Wildman–Crippen MR) is 72.4 cm³/mol. The van der Waals surface area contributed by atoms with Gasteiger partial charge in [-0.2, -0.15) is 0 Å². The number of benzene rings is 1. The van der Waals surface area contributed by atoms with Crippen LogP contribution in [0.5, 0.6) is 5.75 Å². The molecule has 1 aromatic rings. The summed E-state index contributed by atoms with van der Waals surface area (Å²) in [6, 6.07) is 10.4. The van der Waals surface area contributed by atoms with Crippen LogP contribution in [-0.4, -0.2) is 24.5 Å². The molecule has 3 heteroatoms. The first-order valence-electron chi connectivity index (χ1n) is 5.71. The molecule has 1 rings (SSSR count). The van der Waals surface area contributed by atoms with E-state index in [2.05, 4.69) is 35.1 Å². The van der Waals surface area contributed by atoms with Gasteiger partial charge in [0.25, 0.3) is 0 Å². The summed E-state index contributed by atoms with van der Waals surface area (Å²) < 4.78 is 5.60. The van der Waals surface area contributed by atoms with Gasteiger partial charge in [0.05, 0.1) is 0 Å². The van der Waals surface area contributed by atoms with Gasteiger partial charge in [0.2, 0.25) is 0 Å². The summed E-state index contributed by atoms with van der Waals surface area (Å²) in [6.45, 7) is 6.03. The van der Waals surface area contributed by atoms with Crippen molar-refractivity contribution < 1.29 is 4.74 Å². The van der Waals surface area contributed by atoms with Crippen LogP contribution in [0.15, 0.2) is 30.3 Å². The highest BCUT2D eigenvalue weighted by molar-refractivity contribution is 9.09. The van der Waals surface area contributed by atoms with Crippen molar-refractivity contribution in [1.82, 2.24) is 5.32 Å². The highest BCUT2D eigenvalue weighted by Crippen LogP contribution is 2.08. The Morgan fingerprint density at radius 3 is 2.50 bits per heavy atom. The maximum Gasteiger partial charge on any atom is 0.119 e. The van der Waals surface area contributed by atoms with E-state index >= 15 is 0 Å². The van der Waals surface area contributed by atoms with Gasteiger partial charge in [-0.15, -0.1) is 0 Å². The van der Waals surface area contributed by atoms with Crippen LogP contribution in [0.1, 0.15) is 13.8 Å². The first-order chi connectivity index (χ1) is 7.74. The zero-order chi connectivity index (χ0) is 11.8. The van der Waals surface area contributed by atoms with Crippen LogP contribution in [0.4, 0.5) is 0 Å². The topological polar surface area (TPSA) is 21.3 Å². The largest absolute Gasteiger partial charge is 0.492 e. The molecule has 0 saturated carbocycles. The lowest BCUT2D eigenvalue weighted by molar-refractivity contribution is 0.298. The van der Waals surface area contributed by atoms with E-state index in [1.54, 1.807) is 0 Å². The molecule has 0 spiro atoms. The molecule has 0 heterocycles. The zero-order valence-corrected chi connectivity index (χ0v) is 11.5. The van der Waals surface area contributed by atoms with Gasteiger partial charge in [-0.25, -0.2) is 0 Å². The maximum absolute atomic E-state index is 5.60. The molecule has 1 atom stereocenters. The van der Waals surface area contributed by atoms with E-state index in [1.807, 2.05) is 30.3 Å². The first kappa shape index (κ1) is 13.5. The summed E-state index contributed by atoms with van der Waals surface area (Å²) in [4.78, 5) is 0. The quantitative estimate of drug-likeness (QED) is 0.614. The summed E-state index contributed by atoms with van der Waals surface area (Å²) in [7, 11) is 0. The van der Waals surface area contributed by atoms with Gasteiger partial charge in [-0.3, -0.25) is 0 Å². The van der Waals surface area contributed by atoms with Crippen LogP contribution in [0, 0.1) is 5.92 Å². The fourth-order valence-corrected chi connectivity index (χ4v) is 2.37. The molecule has 2 nitrogen and oxygen atoms in total. The summed E-state index contributed by atoms with van der Waals surface area (Å²) in [5, 5.41) is 4.45. The molecule has 1 N–H and O–H groups in total. The summed E-state index contributed by atoms with van der Waals surface area (Å²) >= 11 is 3.51. The number of rotatable bonds is 7. The Morgan fingerprint density at radius 1 is 1.25 bits per heavy atom. The Bertz CT molecular complexity index is 277. The van der Waals surface area contributed by atoms with Crippen LogP contribution < -0.4 is 10.1 Å². The summed E-state index contributed by atoms with van der Waals surface area (Å²) in [5.41, 5.74) is 0. The van der Waals surface area contributed by atoms with E-state index in [-0.39, 0.29) is 0 Å². The smallest absolute Gasteiger partial charge is 0.119 e. The number of ether oxygens (including phenoxy) is 1. The average Bonchev–Trinajstić information content (AvgIpc) is 2.30. The lowest BCUT2D eigenvalue weighted by Crippen LogP contribution is -2.37. The van der Waals surface area contributed by atoms with Crippen molar-refractivity contribution in [3.05, 3.63) is 30.3 Å². The summed E-state index contributed by atoms with van der Waals surface area (Å²) in [5.74, 6) is 1.57. The maximum atomic E-state index is 5.60. The van der Waals surface area contributed by atoms with Gasteiger partial charge in [0.1, 0.15) is 12.4 Å². The van der Waals surface area contributed by atoms with E-state index in [4.69, 9.17) is 4.74 Å². The molecule has 90 valence electrons. The van der Waals surface area contributed by atoms with Gasteiger partial charge >= 0.3 is 0 Å². The SMILES string of the molecule is CC(C)C(CBr)NCCOc1ccccc1. The Balaban J connectivity index is 2.16. The van der Waals surface area contributed by atoms with Crippen LogP contribution in [-0.2, 0) is 0 Å². The fraction of sp³-hybridized carbons (Fsp3) is 0.538. The number of para-hydroxylation sites is 1. The first-order valence-corrected chi connectivity index (χ1v) is 6.83. The third kappa shape index (κ3) is 4.99. The highest BCUT2D eigenvalue weighted by Gasteiger charge is 2.09. The van der Waals surface area contributed by atoms with E-state index < -0.39 is 0 Å². The van der Waals surface area contributed by atoms with Crippen molar-refractivity contribution in [2.75, 3.05) is 18.5 Å². The molecular weight excluding hydrogens is 266 g/mol. The van der Waals surface area contributed by atoms with Crippen molar-refractivity contribution in [3.8, 4) is 5.75 Å². The van der Waals surface area contributed by atoms with Gasteiger partial charge < -0.3 is 10.1 Å². The number of alkyl halides is 1. The normalized spacial score (nSPS) is 12.8. The molecular formula is C13H20BrNO.